The fourth-order valence-electron chi connectivity index (χ4n) is 2.75. The second-order valence-electron chi connectivity index (χ2n) is 5.96. The average Bonchev–Trinajstić information content (AvgIpc) is 3.05. The molecule has 1 aliphatic rings. The lowest BCUT2D eigenvalue weighted by Gasteiger charge is -2.34. The molecule has 0 saturated carbocycles. The zero-order valence-electron chi connectivity index (χ0n) is 14.1. The van der Waals surface area contributed by atoms with Crippen LogP contribution in [0.3, 0.4) is 0 Å². The van der Waals surface area contributed by atoms with E-state index in [1.165, 1.54) is 16.6 Å². The molecular formula is C17H22N4OS2. The number of thioether (sulfide) groups is 1. The molecule has 5 nitrogen and oxygen atoms in total. The fraction of sp³-hybridized carbons (Fsp3) is 0.471. The highest BCUT2D eigenvalue weighted by Gasteiger charge is 2.21. The van der Waals surface area contributed by atoms with Gasteiger partial charge in [0.25, 0.3) is 0 Å². The molecule has 2 aromatic rings. The van der Waals surface area contributed by atoms with Crippen LogP contribution in [0.1, 0.15) is 16.3 Å². The molecule has 7 heteroatoms. The summed E-state index contributed by atoms with van der Waals surface area (Å²) in [4.78, 5) is 26.9. The molecule has 3 rings (SSSR count). The summed E-state index contributed by atoms with van der Waals surface area (Å²) < 4.78 is 0. The maximum Gasteiger partial charge on any atom is 0.233 e. The highest BCUT2D eigenvalue weighted by atomic mass is 32.2. The number of carbonyl (C=O) groups excluding carboxylic acids is 1. The Morgan fingerprint density at radius 1 is 1.21 bits per heavy atom. The fourth-order valence-corrected chi connectivity index (χ4v) is 4.35. The van der Waals surface area contributed by atoms with Crippen LogP contribution in [0.4, 0.5) is 0 Å². The molecule has 1 aliphatic heterocycles. The minimum absolute atomic E-state index is 0.179. The second kappa shape index (κ2) is 8.09. The molecule has 0 aliphatic carbocycles. The molecule has 0 bridgehead atoms. The molecule has 128 valence electrons. The molecular weight excluding hydrogens is 340 g/mol. The first-order chi connectivity index (χ1) is 11.6. The van der Waals surface area contributed by atoms with Crippen molar-refractivity contribution in [2.75, 3.05) is 31.9 Å². The molecule has 2 aromatic heterocycles. The number of carbonyl (C=O) groups is 1. The summed E-state index contributed by atoms with van der Waals surface area (Å²) >= 11 is 3.22. The zero-order chi connectivity index (χ0) is 16.9. The first-order valence-corrected chi connectivity index (χ1v) is 9.94. The van der Waals surface area contributed by atoms with Gasteiger partial charge in [0.05, 0.1) is 5.75 Å². The Bertz CT molecular complexity index is 662. The third-order valence-corrected chi connectivity index (χ3v) is 5.66. The van der Waals surface area contributed by atoms with E-state index in [0.717, 1.165) is 44.1 Å². The third kappa shape index (κ3) is 4.78. The standard InChI is InChI=1S/C17H22N4OS2/c1-13-10-14(2)19-17(18-13)24-12-16(22)21-7-5-20(6-8-21)11-15-4-3-9-23-15/h3-4,9-10H,5-8,11-12H2,1-2H3. The SMILES string of the molecule is Cc1cc(C)nc(SCC(=O)N2CCN(Cc3cccs3)CC2)n1. The number of piperazine rings is 1. The number of amides is 1. The van der Waals surface area contributed by atoms with Crippen LogP contribution in [0, 0.1) is 13.8 Å². The first kappa shape index (κ1) is 17.4. The van der Waals surface area contributed by atoms with Crippen LogP contribution in [0.5, 0.6) is 0 Å². The van der Waals surface area contributed by atoms with Crippen LogP contribution >= 0.6 is 23.1 Å². The zero-order valence-corrected chi connectivity index (χ0v) is 15.7. The average molecular weight is 363 g/mol. The number of thiophene rings is 1. The van der Waals surface area contributed by atoms with Crippen molar-refractivity contribution >= 4 is 29.0 Å². The number of rotatable bonds is 5. The van der Waals surface area contributed by atoms with Crippen molar-refractivity contribution in [3.63, 3.8) is 0 Å². The van der Waals surface area contributed by atoms with Gasteiger partial charge in [-0.1, -0.05) is 17.8 Å². The second-order valence-corrected chi connectivity index (χ2v) is 7.93. The largest absolute Gasteiger partial charge is 0.339 e. The summed E-state index contributed by atoms with van der Waals surface area (Å²) in [7, 11) is 0. The van der Waals surface area contributed by atoms with Crippen molar-refractivity contribution in [3.05, 3.63) is 39.8 Å². The molecule has 0 N–H and O–H groups in total. The molecule has 0 aromatic carbocycles. The van der Waals surface area contributed by atoms with Crippen LogP contribution in [-0.2, 0) is 11.3 Å². The third-order valence-electron chi connectivity index (χ3n) is 3.97. The molecule has 0 unspecified atom stereocenters. The van der Waals surface area contributed by atoms with Gasteiger partial charge in [-0.05, 0) is 31.4 Å². The maximum absolute atomic E-state index is 12.4. The summed E-state index contributed by atoms with van der Waals surface area (Å²) in [5.41, 5.74) is 1.89. The van der Waals surface area contributed by atoms with Gasteiger partial charge in [0.2, 0.25) is 5.91 Å². The van der Waals surface area contributed by atoms with Gasteiger partial charge < -0.3 is 4.90 Å². The van der Waals surface area contributed by atoms with Crippen LogP contribution in [-0.4, -0.2) is 57.6 Å². The normalized spacial score (nSPS) is 15.7. The van der Waals surface area contributed by atoms with Crippen molar-refractivity contribution in [1.82, 2.24) is 19.8 Å². The van der Waals surface area contributed by atoms with E-state index in [9.17, 15) is 4.79 Å². The lowest BCUT2D eigenvalue weighted by molar-refractivity contribution is -0.130. The van der Waals surface area contributed by atoms with Crippen LogP contribution in [0.25, 0.3) is 0 Å². The molecule has 1 fully saturated rings. The van der Waals surface area contributed by atoms with E-state index in [-0.39, 0.29) is 5.91 Å². The first-order valence-electron chi connectivity index (χ1n) is 8.08. The molecule has 0 atom stereocenters. The summed E-state index contributed by atoms with van der Waals surface area (Å²) in [6, 6.07) is 6.20. The van der Waals surface area contributed by atoms with E-state index in [4.69, 9.17) is 0 Å². The summed E-state index contributed by atoms with van der Waals surface area (Å²) in [6.07, 6.45) is 0. The Balaban J connectivity index is 1.45. The van der Waals surface area contributed by atoms with E-state index in [0.29, 0.717) is 10.9 Å². The number of aryl methyl sites for hydroxylation is 2. The highest BCUT2D eigenvalue weighted by Crippen LogP contribution is 2.17. The monoisotopic (exact) mass is 362 g/mol. The van der Waals surface area contributed by atoms with Gasteiger partial charge in [-0.3, -0.25) is 9.69 Å². The predicted molar refractivity (Wildman–Crippen MR) is 98.4 cm³/mol. The smallest absolute Gasteiger partial charge is 0.233 e. The molecule has 3 heterocycles. The van der Waals surface area contributed by atoms with Crippen molar-refractivity contribution in [2.45, 2.75) is 25.5 Å². The van der Waals surface area contributed by atoms with Crippen molar-refractivity contribution in [1.29, 1.82) is 0 Å². The molecule has 0 spiro atoms. The van der Waals surface area contributed by atoms with E-state index in [2.05, 4.69) is 32.4 Å². The Labute approximate surface area is 151 Å². The molecule has 1 saturated heterocycles. The van der Waals surface area contributed by atoms with E-state index < -0.39 is 0 Å². The Morgan fingerprint density at radius 2 is 1.92 bits per heavy atom. The Hall–Kier alpha value is -1.44. The lowest BCUT2D eigenvalue weighted by Crippen LogP contribution is -2.48. The summed E-state index contributed by atoms with van der Waals surface area (Å²) in [5.74, 6) is 0.590. The van der Waals surface area contributed by atoms with Crippen LogP contribution < -0.4 is 0 Å². The van der Waals surface area contributed by atoms with Crippen molar-refractivity contribution in [3.8, 4) is 0 Å². The van der Waals surface area contributed by atoms with E-state index in [1.807, 2.05) is 24.8 Å². The Morgan fingerprint density at radius 3 is 2.54 bits per heavy atom. The predicted octanol–water partition coefficient (Wildman–Crippen LogP) is 2.59. The lowest BCUT2D eigenvalue weighted by atomic mass is 10.3. The maximum atomic E-state index is 12.4. The summed E-state index contributed by atoms with van der Waals surface area (Å²) in [6.45, 7) is 8.38. The minimum Gasteiger partial charge on any atom is -0.339 e. The van der Waals surface area contributed by atoms with Gasteiger partial charge in [0.15, 0.2) is 5.16 Å². The topological polar surface area (TPSA) is 49.3 Å². The highest BCUT2D eigenvalue weighted by molar-refractivity contribution is 7.99. The van der Waals surface area contributed by atoms with E-state index >= 15 is 0 Å². The van der Waals surface area contributed by atoms with Gasteiger partial charge >= 0.3 is 0 Å². The quantitative estimate of drug-likeness (QED) is 0.604. The summed E-state index contributed by atoms with van der Waals surface area (Å²) in [5, 5.41) is 2.80. The van der Waals surface area contributed by atoms with Crippen molar-refractivity contribution < 1.29 is 4.79 Å². The van der Waals surface area contributed by atoms with Gasteiger partial charge in [-0.15, -0.1) is 11.3 Å². The van der Waals surface area contributed by atoms with Gasteiger partial charge in [0, 0.05) is 49.0 Å². The number of aromatic nitrogens is 2. The van der Waals surface area contributed by atoms with Crippen LogP contribution in [0.15, 0.2) is 28.7 Å². The minimum atomic E-state index is 0.179. The number of nitrogens with zero attached hydrogens (tertiary/aromatic N) is 4. The molecule has 24 heavy (non-hydrogen) atoms. The van der Waals surface area contributed by atoms with E-state index in [1.54, 1.807) is 11.3 Å². The number of hydrogen-bond donors (Lipinski definition) is 0. The van der Waals surface area contributed by atoms with Crippen molar-refractivity contribution in [2.24, 2.45) is 0 Å². The van der Waals surface area contributed by atoms with Gasteiger partial charge in [-0.2, -0.15) is 0 Å². The van der Waals surface area contributed by atoms with Gasteiger partial charge in [-0.25, -0.2) is 9.97 Å². The number of hydrogen-bond acceptors (Lipinski definition) is 6. The van der Waals surface area contributed by atoms with Crippen LogP contribution in [0.2, 0.25) is 0 Å². The van der Waals surface area contributed by atoms with Gasteiger partial charge in [0.1, 0.15) is 0 Å². The molecule has 0 radical (unpaired) electrons. The Kier molecular flexibility index (Phi) is 5.86. The molecule has 1 amide bonds.